The molecule has 0 spiro atoms. The van der Waals surface area contributed by atoms with Gasteiger partial charge in [0.1, 0.15) is 5.41 Å². The Balaban J connectivity index is 3.17. The lowest BCUT2D eigenvalue weighted by Gasteiger charge is -2.23. The number of rotatable bonds is 4. The van der Waals surface area contributed by atoms with Crippen LogP contribution in [0, 0.1) is 5.41 Å². The predicted octanol–water partition coefficient (Wildman–Crippen LogP) is 2.75. The maximum Gasteiger partial charge on any atom is 0.204 e. The number of allylic oxidation sites excluding steroid dienone is 2. The molecule has 0 bridgehead atoms. The second kappa shape index (κ2) is 3.97. The molecule has 15 heavy (non-hydrogen) atoms. The zero-order chi connectivity index (χ0) is 11.7. The first kappa shape index (κ1) is 12.2. The maximum atomic E-state index is 12.2. The van der Waals surface area contributed by atoms with Gasteiger partial charge in [-0.2, -0.15) is 0 Å². The van der Waals surface area contributed by atoms with Crippen LogP contribution in [-0.4, -0.2) is 15.6 Å². The Kier molecular flexibility index (Phi) is 3.24. The standard InChI is InChI=1S/C12H16O2S/c1-5-7-12(8-6-2)9(13)11(3,4)15-10(12)14/h5-6H,1-2,7-8H2,3-4H3. The van der Waals surface area contributed by atoms with Crippen molar-refractivity contribution in [1.82, 2.24) is 0 Å². The average Bonchev–Trinajstić information content (AvgIpc) is 2.29. The van der Waals surface area contributed by atoms with E-state index >= 15 is 0 Å². The van der Waals surface area contributed by atoms with E-state index in [4.69, 9.17) is 0 Å². The highest BCUT2D eigenvalue weighted by atomic mass is 32.2. The lowest BCUT2D eigenvalue weighted by atomic mass is 9.75. The smallest absolute Gasteiger partial charge is 0.204 e. The number of hydrogen-bond donors (Lipinski definition) is 0. The SMILES string of the molecule is C=CCC1(CC=C)C(=O)SC(C)(C)C1=O. The van der Waals surface area contributed by atoms with E-state index in [0.717, 1.165) is 11.8 Å². The van der Waals surface area contributed by atoms with Gasteiger partial charge in [0.15, 0.2) is 5.78 Å². The van der Waals surface area contributed by atoms with Gasteiger partial charge in [-0.15, -0.1) is 13.2 Å². The van der Waals surface area contributed by atoms with Crippen LogP contribution in [0.4, 0.5) is 0 Å². The third kappa shape index (κ3) is 1.81. The number of ketones is 1. The summed E-state index contributed by atoms with van der Waals surface area (Å²) in [6.07, 6.45) is 4.10. The fourth-order valence-corrected chi connectivity index (χ4v) is 3.18. The topological polar surface area (TPSA) is 34.1 Å². The van der Waals surface area contributed by atoms with Crippen LogP contribution in [-0.2, 0) is 9.59 Å². The van der Waals surface area contributed by atoms with Crippen LogP contribution in [0.15, 0.2) is 25.3 Å². The molecule has 1 rings (SSSR count). The van der Waals surface area contributed by atoms with E-state index in [0.29, 0.717) is 12.8 Å². The van der Waals surface area contributed by atoms with Crippen LogP contribution in [0.1, 0.15) is 26.7 Å². The van der Waals surface area contributed by atoms with Gasteiger partial charge in [0.2, 0.25) is 5.12 Å². The summed E-state index contributed by atoms with van der Waals surface area (Å²) in [7, 11) is 0. The monoisotopic (exact) mass is 224 g/mol. The Morgan fingerprint density at radius 1 is 1.20 bits per heavy atom. The van der Waals surface area contributed by atoms with E-state index in [2.05, 4.69) is 13.2 Å². The molecule has 2 nitrogen and oxygen atoms in total. The van der Waals surface area contributed by atoms with E-state index in [1.807, 2.05) is 0 Å². The molecule has 0 aliphatic carbocycles. The first-order chi connectivity index (χ1) is 6.90. The molecule has 0 saturated carbocycles. The van der Waals surface area contributed by atoms with E-state index < -0.39 is 10.2 Å². The summed E-state index contributed by atoms with van der Waals surface area (Å²) in [5.41, 5.74) is -0.905. The molecule has 0 aromatic heterocycles. The van der Waals surface area contributed by atoms with Crippen LogP contribution in [0.3, 0.4) is 0 Å². The largest absolute Gasteiger partial charge is 0.297 e. The van der Waals surface area contributed by atoms with Crippen LogP contribution in [0.5, 0.6) is 0 Å². The van der Waals surface area contributed by atoms with E-state index in [1.54, 1.807) is 26.0 Å². The summed E-state index contributed by atoms with van der Waals surface area (Å²) in [4.78, 5) is 24.2. The summed E-state index contributed by atoms with van der Waals surface area (Å²) in [5, 5.41) is -0.0442. The van der Waals surface area contributed by atoms with Gasteiger partial charge in [-0.05, 0) is 26.7 Å². The van der Waals surface area contributed by atoms with Gasteiger partial charge >= 0.3 is 0 Å². The third-order valence-corrected chi connectivity index (χ3v) is 3.98. The molecule has 82 valence electrons. The Morgan fingerprint density at radius 2 is 1.67 bits per heavy atom. The highest BCUT2D eigenvalue weighted by Gasteiger charge is 2.57. The van der Waals surface area contributed by atoms with Crippen molar-refractivity contribution in [3.63, 3.8) is 0 Å². The quantitative estimate of drug-likeness (QED) is 0.544. The summed E-state index contributed by atoms with van der Waals surface area (Å²) < 4.78 is -0.608. The first-order valence-corrected chi connectivity index (χ1v) is 5.72. The molecule has 0 N–H and O–H groups in total. The van der Waals surface area contributed by atoms with Crippen molar-refractivity contribution in [2.75, 3.05) is 0 Å². The van der Waals surface area contributed by atoms with Gasteiger partial charge in [-0.25, -0.2) is 0 Å². The minimum absolute atomic E-state index is 0.00444. The number of carbonyl (C=O) groups excluding carboxylic acids is 2. The predicted molar refractivity (Wildman–Crippen MR) is 63.7 cm³/mol. The highest BCUT2D eigenvalue weighted by molar-refractivity contribution is 8.16. The number of thioether (sulfide) groups is 1. The molecule has 0 unspecified atom stereocenters. The van der Waals surface area contributed by atoms with Crippen molar-refractivity contribution < 1.29 is 9.59 Å². The fourth-order valence-electron chi connectivity index (χ4n) is 1.97. The minimum Gasteiger partial charge on any atom is -0.297 e. The van der Waals surface area contributed by atoms with Crippen molar-refractivity contribution in [3.8, 4) is 0 Å². The number of Topliss-reactive ketones (excluding diaryl/α,β-unsaturated/α-hetero) is 1. The molecule has 0 aromatic carbocycles. The maximum absolute atomic E-state index is 12.2. The Morgan fingerprint density at radius 3 is 1.93 bits per heavy atom. The van der Waals surface area contributed by atoms with Crippen LogP contribution >= 0.6 is 11.8 Å². The fraction of sp³-hybridized carbons (Fsp3) is 0.500. The van der Waals surface area contributed by atoms with Crippen molar-refractivity contribution in [2.45, 2.75) is 31.4 Å². The van der Waals surface area contributed by atoms with Gasteiger partial charge < -0.3 is 0 Å². The van der Waals surface area contributed by atoms with Crippen LogP contribution in [0.2, 0.25) is 0 Å². The summed E-state index contributed by atoms with van der Waals surface area (Å²) in [6, 6.07) is 0. The van der Waals surface area contributed by atoms with Gasteiger partial charge in [-0.3, -0.25) is 9.59 Å². The van der Waals surface area contributed by atoms with E-state index in [9.17, 15) is 9.59 Å². The van der Waals surface area contributed by atoms with Crippen molar-refractivity contribution >= 4 is 22.7 Å². The molecule has 1 fully saturated rings. The Labute approximate surface area is 94.8 Å². The van der Waals surface area contributed by atoms with Gasteiger partial charge in [0.25, 0.3) is 0 Å². The van der Waals surface area contributed by atoms with Gasteiger partial charge in [-0.1, -0.05) is 23.9 Å². The molecule has 0 atom stereocenters. The lowest BCUT2D eigenvalue weighted by Crippen LogP contribution is -2.37. The highest BCUT2D eigenvalue weighted by Crippen LogP contribution is 2.50. The molecular formula is C12H16O2S. The normalized spacial score (nSPS) is 22.8. The Bertz CT molecular complexity index is 319. The van der Waals surface area contributed by atoms with E-state index in [1.165, 1.54) is 0 Å². The average molecular weight is 224 g/mol. The molecule has 0 amide bonds. The van der Waals surface area contributed by atoms with E-state index in [-0.39, 0.29) is 10.9 Å². The molecule has 1 aliphatic heterocycles. The molecule has 3 heteroatoms. The number of hydrogen-bond acceptors (Lipinski definition) is 3. The van der Waals surface area contributed by atoms with Crippen molar-refractivity contribution in [2.24, 2.45) is 5.41 Å². The van der Waals surface area contributed by atoms with Crippen molar-refractivity contribution in [3.05, 3.63) is 25.3 Å². The zero-order valence-electron chi connectivity index (χ0n) is 9.21. The lowest BCUT2D eigenvalue weighted by molar-refractivity contribution is -0.135. The molecule has 1 heterocycles. The minimum atomic E-state index is -0.905. The second-order valence-electron chi connectivity index (χ2n) is 4.30. The Hall–Kier alpha value is -0.830. The van der Waals surface area contributed by atoms with Gasteiger partial charge in [0.05, 0.1) is 4.75 Å². The zero-order valence-corrected chi connectivity index (χ0v) is 10.0. The molecule has 1 saturated heterocycles. The number of carbonyl (C=O) groups is 2. The van der Waals surface area contributed by atoms with Gasteiger partial charge in [0, 0.05) is 0 Å². The van der Waals surface area contributed by atoms with Crippen LogP contribution < -0.4 is 0 Å². The van der Waals surface area contributed by atoms with Crippen LogP contribution in [0.25, 0.3) is 0 Å². The third-order valence-electron chi connectivity index (χ3n) is 2.71. The second-order valence-corrected chi connectivity index (χ2v) is 5.89. The molecular weight excluding hydrogens is 208 g/mol. The molecule has 1 aliphatic rings. The summed E-state index contributed by atoms with van der Waals surface area (Å²) in [6.45, 7) is 10.8. The molecule has 0 aromatic rings. The molecule has 0 radical (unpaired) electrons. The van der Waals surface area contributed by atoms with Crippen molar-refractivity contribution in [1.29, 1.82) is 0 Å². The first-order valence-electron chi connectivity index (χ1n) is 4.91. The summed E-state index contributed by atoms with van der Waals surface area (Å²) >= 11 is 1.13. The summed E-state index contributed by atoms with van der Waals surface area (Å²) in [5.74, 6) is 0.00444.